The molecule has 0 atom stereocenters. The van der Waals surface area contributed by atoms with Crippen LogP contribution in [0.1, 0.15) is 20.7 Å². The first-order valence-electron chi connectivity index (χ1n) is 7.53. The Morgan fingerprint density at radius 1 is 0.778 bits per heavy atom. The molecule has 0 unspecified atom stereocenters. The van der Waals surface area contributed by atoms with Crippen molar-refractivity contribution in [3.63, 3.8) is 0 Å². The number of hydrogen-bond acceptors (Lipinski definition) is 4. The molecule has 3 aromatic carbocycles. The molecule has 0 spiro atoms. The highest BCUT2D eigenvalue weighted by Crippen LogP contribution is 2.28. The van der Waals surface area contributed by atoms with Crippen LogP contribution in [0.15, 0.2) is 59.1 Å². The average Bonchev–Trinajstić information content (AvgIpc) is 2.62. The van der Waals surface area contributed by atoms with E-state index in [4.69, 9.17) is 5.11 Å². The van der Waals surface area contributed by atoms with Crippen LogP contribution in [0, 0.1) is 11.6 Å². The Morgan fingerprint density at radius 3 is 1.89 bits per heavy atom. The summed E-state index contributed by atoms with van der Waals surface area (Å²) < 4.78 is 26.9. The summed E-state index contributed by atoms with van der Waals surface area (Å²) in [6.45, 7) is 0. The molecule has 0 fully saturated rings. The fourth-order valence-corrected chi connectivity index (χ4v) is 2.50. The van der Waals surface area contributed by atoms with Crippen molar-refractivity contribution in [3.05, 3.63) is 81.8 Å². The molecule has 0 saturated heterocycles. The molecular formula is C20H13BrF2O4. The maximum atomic E-state index is 13.5. The molecule has 0 heterocycles. The number of rotatable bonds is 3. The molecule has 0 aliphatic heterocycles. The van der Waals surface area contributed by atoms with Gasteiger partial charge in [-0.2, -0.15) is 0 Å². The van der Waals surface area contributed by atoms with Crippen molar-refractivity contribution in [2.75, 3.05) is 0 Å². The minimum absolute atomic E-state index is 0.00405. The van der Waals surface area contributed by atoms with Gasteiger partial charge in [-0.15, -0.1) is 0 Å². The van der Waals surface area contributed by atoms with Crippen molar-refractivity contribution in [1.82, 2.24) is 0 Å². The number of aromatic hydroxyl groups is 2. The van der Waals surface area contributed by atoms with Crippen molar-refractivity contribution < 1.29 is 28.6 Å². The lowest BCUT2D eigenvalue weighted by atomic mass is 10.0. The van der Waals surface area contributed by atoms with Crippen molar-refractivity contribution in [3.8, 4) is 22.6 Å². The van der Waals surface area contributed by atoms with Crippen LogP contribution in [0.3, 0.4) is 0 Å². The van der Waals surface area contributed by atoms with Gasteiger partial charge in [0.05, 0.1) is 11.1 Å². The third kappa shape index (κ3) is 5.21. The minimum atomic E-state index is -0.719. The van der Waals surface area contributed by atoms with Gasteiger partial charge in [-0.05, 0) is 48.0 Å². The minimum Gasteiger partial charge on any atom is -0.507 e. The first-order chi connectivity index (χ1) is 12.8. The summed E-state index contributed by atoms with van der Waals surface area (Å²) in [4.78, 5) is 20.7. The number of phenols is 2. The number of halogens is 3. The SMILES string of the molecule is O=Cc1ccc(-c2ccc(F)cc2F)cc1O.O=Cc1ccc(Br)cc1O. The molecule has 0 aliphatic carbocycles. The Labute approximate surface area is 161 Å². The molecule has 7 heteroatoms. The number of carbonyl (C=O) groups is 2. The molecule has 0 bridgehead atoms. The zero-order chi connectivity index (χ0) is 20.0. The molecule has 0 aromatic heterocycles. The average molecular weight is 435 g/mol. The maximum Gasteiger partial charge on any atom is 0.153 e. The predicted molar refractivity (Wildman–Crippen MR) is 100 cm³/mol. The largest absolute Gasteiger partial charge is 0.507 e. The molecule has 2 N–H and O–H groups in total. The number of aldehydes is 2. The fraction of sp³-hybridized carbons (Fsp3) is 0. The first-order valence-corrected chi connectivity index (χ1v) is 8.32. The maximum absolute atomic E-state index is 13.5. The molecule has 3 aromatic rings. The van der Waals surface area contributed by atoms with E-state index in [9.17, 15) is 23.5 Å². The van der Waals surface area contributed by atoms with Gasteiger partial charge in [-0.1, -0.05) is 22.0 Å². The summed E-state index contributed by atoms with van der Waals surface area (Å²) in [7, 11) is 0. The Kier molecular flexibility index (Phi) is 6.79. The molecule has 138 valence electrons. The van der Waals surface area contributed by atoms with E-state index in [0.717, 1.165) is 16.6 Å². The quantitative estimate of drug-likeness (QED) is 0.561. The van der Waals surface area contributed by atoms with E-state index in [-0.39, 0.29) is 22.6 Å². The Hall–Kier alpha value is -3.06. The topological polar surface area (TPSA) is 74.6 Å². The van der Waals surface area contributed by atoms with Gasteiger partial charge in [-0.25, -0.2) is 8.78 Å². The monoisotopic (exact) mass is 434 g/mol. The molecule has 0 amide bonds. The van der Waals surface area contributed by atoms with Crippen molar-refractivity contribution >= 4 is 28.5 Å². The van der Waals surface area contributed by atoms with E-state index in [1.807, 2.05) is 0 Å². The van der Waals surface area contributed by atoms with Crippen LogP contribution in [-0.4, -0.2) is 22.8 Å². The normalized spacial score (nSPS) is 9.89. The number of hydrogen-bond donors (Lipinski definition) is 2. The third-order valence-corrected chi connectivity index (χ3v) is 4.01. The lowest BCUT2D eigenvalue weighted by molar-refractivity contribution is 0.111. The lowest BCUT2D eigenvalue weighted by Crippen LogP contribution is -1.88. The van der Waals surface area contributed by atoms with Gasteiger partial charge in [0.2, 0.25) is 0 Å². The standard InChI is InChI=1S/C13H8F2O2.C7H5BrO2/c14-10-3-4-11(12(15)6-10)8-1-2-9(7-16)13(17)5-8;8-6-2-1-5(4-9)7(10)3-6/h1-7,17H;1-4,10H. The zero-order valence-electron chi connectivity index (χ0n) is 13.7. The highest BCUT2D eigenvalue weighted by Gasteiger charge is 2.08. The molecule has 27 heavy (non-hydrogen) atoms. The van der Waals surface area contributed by atoms with Crippen molar-refractivity contribution in [2.45, 2.75) is 0 Å². The van der Waals surface area contributed by atoms with Crippen LogP contribution in [0.2, 0.25) is 0 Å². The van der Waals surface area contributed by atoms with E-state index >= 15 is 0 Å². The van der Waals surface area contributed by atoms with E-state index in [0.29, 0.717) is 23.7 Å². The number of carbonyl (C=O) groups excluding carboxylic acids is 2. The predicted octanol–water partition coefficient (Wildman–Crippen LogP) is 5.12. The number of benzene rings is 3. The summed E-state index contributed by atoms with van der Waals surface area (Å²) in [6, 6.07) is 12.0. The molecule has 0 radical (unpaired) electrons. The Morgan fingerprint density at radius 2 is 1.37 bits per heavy atom. The van der Waals surface area contributed by atoms with E-state index in [1.165, 1.54) is 30.3 Å². The van der Waals surface area contributed by atoms with Gasteiger partial charge in [0.1, 0.15) is 23.1 Å². The third-order valence-electron chi connectivity index (χ3n) is 3.52. The summed E-state index contributed by atoms with van der Waals surface area (Å²) in [5.41, 5.74) is 0.976. The smallest absolute Gasteiger partial charge is 0.153 e. The van der Waals surface area contributed by atoms with E-state index in [2.05, 4.69) is 15.9 Å². The summed E-state index contributed by atoms with van der Waals surface area (Å²) in [5.74, 6) is -1.62. The molecule has 0 aliphatic rings. The highest BCUT2D eigenvalue weighted by atomic mass is 79.9. The summed E-state index contributed by atoms with van der Waals surface area (Å²) in [5, 5.41) is 18.5. The van der Waals surface area contributed by atoms with Crippen molar-refractivity contribution in [1.29, 1.82) is 0 Å². The second kappa shape index (κ2) is 9.05. The Bertz CT molecular complexity index is 990. The van der Waals surface area contributed by atoms with Crippen LogP contribution in [0.5, 0.6) is 11.5 Å². The summed E-state index contributed by atoms with van der Waals surface area (Å²) in [6.07, 6.45) is 1.11. The first kappa shape index (κ1) is 20.3. The van der Waals surface area contributed by atoms with Crippen LogP contribution in [-0.2, 0) is 0 Å². The molecular weight excluding hydrogens is 422 g/mol. The van der Waals surface area contributed by atoms with Gasteiger partial charge >= 0.3 is 0 Å². The van der Waals surface area contributed by atoms with E-state index < -0.39 is 11.6 Å². The van der Waals surface area contributed by atoms with Crippen LogP contribution in [0.25, 0.3) is 11.1 Å². The lowest BCUT2D eigenvalue weighted by Gasteiger charge is -2.05. The van der Waals surface area contributed by atoms with Gasteiger partial charge in [0, 0.05) is 16.1 Å². The van der Waals surface area contributed by atoms with Crippen LogP contribution < -0.4 is 0 Å². The van der Waals surface area contributed by atoms with Crippen molar-refractivity contribution in [2.24, 2.45) is 0 Å². The van der Waals surface area contributed by atoms with Gasteiger partial charge in [0.15, 0.2) is 12.6 Å². The zero-order valence-corrected chi connectivity index (χ0v) is 15.3. The molecule has 0 saturated carbocycles. The molecule has 4 nitrogen and oxygen atoms in total. The fourth-order valence-electron chi connectivity index (χ4n) is 2.15. The summed E-state index contributed by atoms with van der Waals surface area (Å²) >= 11 is 3.15. The van der Waals surface area contributed by atoms with E-state index in [1.54, 1.807) is 12.1 Å². The Balaban J connectivity index is 0.000000223. The second-order valence-corrected chi connectivity index (χ2v) is 6.25. The van der Waals surface area contributed by atoms with Crippen LogP contribution >= 0.6 is 15.9 Å². The van der Waals surface area contributed by atoms with Gasteiger partial charge in [-0.3, -0.25) is 9.59 Å². The number of phenolic OH excluding ortho intramolecular Hbond substituents is 2. The van der Waals surface area contributed by atoms with Gasteiger partial charge < -0.3 is 10.2 Å². The molecule has 3 rings (SSSR count). The van der Waals surface area contributed by atoms with Crippen LogP contribution in [0.4, 0.5) is 8.78 Å². The second-order valence-electron chi connectivity index (χ2n) is 5.34. The highest BCUT2D eigenvalue weighted by molar-refractivity contribution is 9.10. The van der Waals surface area contributed by atoms with Gasteiger partial charge in [0.25, 0.3) is 0 Å².